The summed E-state index contributed by atoms with van der Waals surface area (Å²) in [5.74, 6) is 0.956. The first-order valence-electron chi connectivity index (χ1n) is 10.2. The lowest BCUT2D eigenvalue weighted by atomic mass is 10.1. The molecule has 162 valence electrons. The molecule has 1 aromatic heterocycles. The first kappa shape index (κ1) is 23.0. The fraction of sp³-hybridized carbons (Fsp3) is 0.292. The van der Waals surface area contributed by atoms with Crippen LogP contribution in [0.3, 0.4) is 0 Å². The summed E-state index contributed by atoms with van der Waals surface area (Å²) < 4.78 is 5.89. The number of thiazole rings is 1. The van der Waals surface area contributed by atoms with Crippen molar-refractivity contribution in [3.8, 4) is 5.75 Å². The highest BCUT2D eigenvalue weighted by Gasteiger charge is 2.12. The Labute approximate surface area is 191 Å². The number of nitrogens with one attached hydrogen (secondary N) is 1. The molecule has 3 rings (SSSR count). The van der Waals surface area contributed by atoms with E-state index in [4.69, 9.17) is 4.74 Å². The minimum atomic E-state index is -0.0996. The van der Waals surface area contributed by atoms with E-state index in [1.165, 1.54) is 41.5 Å². The third kappa shape index (κ3) is 7.22. The van der Waals surface area contributed by atoms with Gasteiger partial charge in [-0.3, -0.25) is 9.59 Å². The van der Waals surface area contributed by atoms with Gasteiger partial charge in [0.1, 0.15) is 5.75 Å². The zero-order valence-corrected chi connectivity index (χ0v) is 19.4. The standard InChI is InChI=1S/C24H26N2O3S2/c1-3-4-5-17-6-10-19(11-7-17)25-23(28)14-20-15-30-24(26-20)31-16-22(27)18-8-12-21(29-2)13-9-18/h6-13,15H,3-5,14,16H2,1-2H3,(H,25,28). The van der Waals surface area contributed by atoms with Crippen molar-refractivity contribution in [1.29, 1.82) is 0 Å². The van der Waals surface area contributed by atoms with Crippen LogP contribution < -0.4 is 10.1 Å². The Balaban J connectivity index is 1.46. The number of anilines is 1. The number of carbonyl (C=O) groups excluding carboxylic acids is 2. The molecule has 0 aliphatic heterocycles. The molecule has 0 atom stereocenters. The molecule has 0 aliphatic carbocycles. The predicted molar refractivity (Wildman–Crippen MR) is 128 cm³/mol. The number of aromatic nitrogens is 1. The molecule has 2 aromatic carbocycles. The van der Waals surface area contributed by atoms with E-state index < -0.39 is 0 Å². The van der Waals surface area contributed by atoms with E-state index in [2.05, 4.69) is 29.4 Å². The third-order valence-corrected chi connectivity index (χ3v) is 6.74. The van der Waals surface area contributed by atoms with Crippen LogP contribution in [0, 0.1) is 0 Å². The van der Waals surface area contributed by atoms with E-state index in [9.17, 15) is 9.59 Å². The first-order valence-corrected chi connectivity index (χ1v) is 12.1. The number of unbranched alkanes of at least 4 members (excludes halogenated alkanes) is 1. The predicted octanol–water partition coefficient (Wildman–Crippen LogP) is 5.65. The summed E-state index contributed by atoms with van der Waals surface area (Å²) in [6, 6.07) is 15.1. The summed E-state index contributed by atoms with van der Waals surface area (Å²) in [4.78, 5) is 29.2. The van der Waals surface area contributed by atoms with Gasteiger partial charge in [0.2, 0.25) is 5.91 Å². The molecule has 3 aromatic rings. The van der Waals surface area contributed by atoms with Gasteiger partial charge in [0.25, 0.3) is 0 Å². The third-order valence-electron chi connectivity index (χ3n) is 4.67. The Kier molecular flexibility index (Phi) is 8.67. The molecular formula is C24H26N2O3S2. The molecule has 0 fully saturated rings. The summed E-state index contributed by atoms with van der Waals surface area (Å²) >= 11 is 2.84. The van der Waals surface area contributed by atoms with Gasteiger partial charge in [0.15, 0.2) is 10.1 Å². The minimum absolute atomic E-state index is 0.0320. The van der Waals surface area contributed by atoms with Gasteiger partial charge in [-0.15, -0.1) is 11.3 Å². The Morgan fingerprint density at radius 2 is 1.84 bits per heavy atom. The molecule has 1 amide bonds. The second kappa shape index (κ2) is 11.7. The number of ether oxygens (including phenoxy) is 1. The average molecular weight is 455 g/mol. The van der Waals surface area contributed by atoms with Crippen LogP contribution in [0.2, 0.25) is 0 Å². The van der Waals surface area contributed by atoms with Crippen LogP contribution >= 0.6 is 23.1 Å². The number of nitrogens with zero attached hydrogens (tertiary/aromatic N) is 1. The van der Waals surface area contributed by atoms with E-state index in [1.807, 2.05) is 17.5 Å². The molecule has 5 nitrogen and oxygen atoms in total. The van der Waals surface area contributed by atoms with Crippen LogP contribution in [0.4, 0.5) is 5.69 Å². The fourth-order valence-corrected chi connectivity index (χ4v) is 4.67. The summed E-state index contributed by atoms with van der Waals surface area (Å²) in [6.45, 7) is 2.18. The SMILES string of the molecule is CCCCc1ccc(NC(=O)Cc2csc(SCC(=O)c3ccc(OC)cc3)n2)cc1. The topological polar surface area (TPSA) is 68.3 Å². The highest BCUT2D eigenvalue weighted by Crippen LogP contribution is 2.24. The number of carbonyl (C=O) groups is 2. The van der Waals surface area contributed by atoms with Gasteiger partial charge in [0, 0.05) is 16.6 Å². The summed E-state index contributed by atoms with van der Waals surface area (Å²) in [5, 5.41) is 4.79. The highest BCUT2D eigenvalue weighted by molar-refractivity contribution is 8.01. The number of hydrogen-bond donors (Lipinski definition) is 1. The molecule has 7 heteroatoms. The van der Waals surface area contributed by atoms with Crippen LogP contribution in [0.1, 0.15) is 41.4 Å². The van der Waals surface area contributed by atoms with Crippen LogP contribution in [0.25, 0.3) is 0 Å². The van der Waals surface area contributed by atoms with E-state index in [1.54, 1.807) is 31.4 Å². The maximum Gasteiger partial charge on any atom is 0.230 e. The molecule has 1 N–H and O–H groups in total. The van der Waals surface area contributed by atoms with Crippen LogP contribution in [0.5, 0.6) is 5.75 Å². The normalized spacial score (nSPS) is 10.6. The van der Waals surface area contributed by atoms with Gasteiger partial charge in [-0.1, -0.05) is 37.2 Å². The number of methoxy groups -OCH3 is 1. The number of aryl methyl sites for hydroxylation is 1. The van der Waals surface area contributed by atoms with Gasteiger partial charge >= 0.3 is 0 Å². The summed E-state index contributed by atoms with van der Waals surface area (Å²) in [7, 11) is 1.59. The van der Waals surface area contributed by atoms with Gasteiger partial charge < -0.3 is 10.1 Å². The number of rotatable bonds is 11. The molecule has 1 heterocycles. The number of Topliss-reactive ketones (excluding diaryl/α,β-unsaturated/α-hetero) is 1. The molecular weight excluding hydrogens is 428 g/mol. The lowest BCUT2D eigenvalue weighted by Crippen LogP contribution is -2.14. The van der Waals surface area contributed by atoms with E-state index in [-0.39, 0.29) is 18.1 Å². The van der Waals surface area contributed by atoms with Crippen LogP contribution in [-0.4, -0.2) is 29.5 Å². The number of benzene rings is 2. The van der Waals surface area contributed by atoms with Crippen molar-refractivity contribution in [2.75, 3.05) is 18.2 Å². The zero-order chi connectivity index (χ0) is 22.1. The maximum atomic E-state index is 12.3. The maximum absolute atomic E-state index is 12.3. The Morgan fingerprint density at radius 3 is 2.52 bits per heavy atom. The van der Waals surface area contributed by atoms with Gasteiger partial charge in [0.05, 0.1) is 25.0 Å². The molecule has 0 radical (unpaired) electrons. The Morgan fingerprint density at radius 1 is 1.10 bits per heavy atom. The van der Waals surface area contributed by atoms with E-state index in [0.29, 0.717) is 17.0 Å². The Hall–Kier alpha value is -2.64. The minimum Gasteiger partial charge on any atom is -0.497 e. The monoisotopic (exact) mass is 454 g/mol. The van der Waals surface area contributed by atoms with Crippen molar-refractivity contribution in [3.63, 3.8) is 0 Å². The van der Waals surface area contributed by atoms with Crippen molar-refractivity contribution in [2.45, 2.75) is 36.9 Å². The van der Waals surface area contributed by atoms with E-state index in [0.717, 1.165) is 22.2 Å². The fourth-order valence-electron chi connectivity index (χ4n) is 2.93. The van der Waals surface area contributed by atoms with Crippen molar-refractivity contribution >= 4 is 40.5 Å². The van der Waals surface area contributed by atoms with E-state index >= 15 is 0 Å². The van der Waals surface area contributed by atoms with Crippen LogP contribution in [-0.2, 0) is 17.6 Å². The molecule has 0 aliphatic rings. The lowest BCUT2D eigenvalue weighted by Gasteiger charge is -2.06. The molecule has 31 heavy (non-hydrogen) atoms. The number of ketones is 1. The highest BCUT2D eigenvalue weighted by atomic mass is 32.2. The van der Waals surface area contributed by atoms with Gasteiger partial charge in [-0.05, 0) is 54.8 Å². The van der Waals surface area contributed by atoms with Gasteiger partial charge in [-0.2, -0.15) is 0 Å². The molecule has 0 saturated heterocycles. The number of amides is 1. The number of hydrogen-bond acceptors (Lipinski definition) is 6. The van der Waals surface area contributed by atoms with Crippen LogP contribution in [0.15, 0.2) is 58.3 Å². The average Bonchev–Trinajstić information content (AvgIpc) is 3.24. The van der Waals surface area contributed by atoms with Gasteiger partial charge in [-0.25, -0.2) is 4.98 Å². The zero-order valence-electron chi connectivity index (χ0n) is 17.7. The first-order chi connectivity index (χ1) is 15.1. The van der Waals surface area contributed by atoms with Crippen molar-refractivity contribution in [2.24, 2.45) is 0 Å². The largest absolute Gasteiger partial charge is 0.497 e. The van der Waals surface area contributed by atoms with Crippen molar-refractivity contribution in [1.82, 2.24) is 4.98 Å². The number of thioether (sulfide) groups is 1. The molecule has 0 bridgehead atoms. The molecule has 0 spiro atoms. The van der Waals surface area contributed by atoms with Crippen molar-refractivity contribution < 1.29 is 14.3 Å². The molecule has 0 saturated carbocycles. The van der Waals surface area contributed by atoms with Crippen molar-refractivity contribution in [3.05, 3.63) is 70.7 Å². The summed E-state index contributed by atoms with van der Waals surface area (Å²) in [5.41, 5.74) is 3.43. The second-order valence-electron chi connectivity index (χ2n) is 7.07. The Bertz CT molecular complexity index is 998. The smallest absolute Gasteiger partial charge is 0.230 e. The lowest BCUT2D eigenvalue weighted by molar-refractivity contribution is -0.115. The molecule has 0 unspecified atom stereocenters. The quantitative estimate of drug-likeness (QED) is 0.299. The second-order valence-corrected chi connectivity index (χ2v) is 9.15. The summed E-state index contributed by atoms with van der Waals surface area (Å²) in [6.07, 6.45) is 3.61.